The van der Waals surface area contributed by atoms with Crippen LogP contribution in [0.3, 0.4) is 0 Å². The molecule has 0 aliphatic carbocycles. The Bertz CT molecular complexity index is 679. The van der Waals surface area contributed by atoms with Gasteiger partial charge in [0.2, 0.25) is 0 Å². The average molecular weight is 278 g/mol. The zero-order valence-electron chi connectivity index (χ0n) is 11.0. The third-order valence-corrected chi connectivity index (χ3v) is 2.81. The van der Waals surface area contributed by atoms with Crippen LogP contribution in [0.25, 0.3) is 5.65 Å². The highest BCUT2D eigenvalue weighted by Gasteiger charge is 2.22. The number of carboxylic acid groups (broad SMARTS) is 1. The molecule has 1 amide bonds. The molecule has 8 nitrogen and oxygen atoms in total. The Morgan fingerprint density at radius 1 is 1.45 bits per heavy atom. The summed E-state index contributed by atoms with van der Waals surface area (Å²) in [4.78, 5) is 27.1. The molecular formula is C12H14N4O4. The maximum absolute atomic E-state index is 12.0. The molecule has 0 aliphatic heterocycles. The zero-order chi connectivity index (χ0) is 14.9. The largest absolute Gasteiger partial charge is 0.480 e. The topological polar surface area (TPSA) is 117 Å². The van der Waals surface area contributed by atoms with Gasteiger partial charge in [-0.25, -0.2) is 14.3 Å². The summed E-state index contributed by atoms with van der Waals surface area (Å²) in [5, 5.41) is 24.0. The van der Waals surface area contributed by atoms with Crippen LogP contribution in [0.15, 0.2) is 12.3 Å². The van der Waals surface area contributed by atoms with Gasteiger partial charge in [0.05, 0.1) is 12.8 Å². The summed E-state index contributed by atoms with van der Waals surface area (Å²) in [6, 6.07) is 0.457. The van der Waals surface area contributed by atoms with Crippen LogP contribution in [-0.4, -0.2) is 49.3 Å². The summed E-state index contributed by atoms with van der Waals surface area (Å²) in [6.07, 6.45) is 1.32. The Morgan fingerprint density at radius 2 is 2.15 bits per heavy atom. The Hall–Kier alpha value is -2.48. The lowest BCUT2D eigenvalue weighted by Crippen LogP contribution is -2.43. The number of carboxylic acids is 1. The number of amides is 1. The highest BCUT2D eigenvalue weighted by atomic mass is 16.4. The summed E-state index contributed by atoms with van der Waals surface area (Å²) in [6.45, 7) is 2.92. The van der Waals surface area contributed by atoms with E-state index < -0.39 is 24.5 Å². The number of carbonyl (C=O) groups excluding carboxylic acids is 1. The minimum absolute atomic E-state index is 0.163. The highest BCUT2D eigenvalue weighted by molar-refractivity contribution is 6.01. The van der Waals surface area contributed by atoms with E-state index in [2.05, 4.69) is 15.4 Å². The van der Waals surface area contributed by atoms with Gasteiger partial charge in [0.1, 0.15) is 5.56 Å². The van der Waals surface area contributed by atoms with Gasteiger partial charge >= 0.3 is 5.97 Å². The summed E-state index contributed by atoms with van der Waals surface area (Å²) >= 11 is 0. The zero-order valence-corrected chi connectivity index (χ0v) is 11.0. The van der Waals surface area contributed by atoms with E-state index in [9.17, 15) is 9.59 Å². The van der Waals surface area contributed by atoms with Crippen LogP contribution in [0, 0.1) is 13.8 Å². The van der Waals surface area contributed by atoms with Gasteiger partial charge in [0, 0.05) is 11.4 Å². The maximum Gasteiger partial charge on any atom is 0.328 e. The molecule has 0 aromatic carbocycles. The van der Waals surface area contributed by atoms with Crippen LogP contribution in [0.2, 0.25) is 0 Å². The highest BCUT2D eigenvalue weighted by Crippen LogP contribution is 2.11. The van der Waals surface area contributed by atoms with Crippen LogP contribution < -0.4 is 5.32 Å². The van der Waals surface area contributed by atoms with E-state index in [0.29, 0.717) is 5.65 Å². The van der Waals surface area contributed by atoms with E-state index >= 15 is 0 Å². The Labute approximate surface area is 114 Å². The van der Waals surface area contributed by atoms with Crippen molar-refractivity contribution in [2.24, 2.45) is 0 Å². The van der Waals surface area contributed by atoms with Crippen molar-refractivity contribution in [1.82, 2.24) is 19.9 Å². The van der Waals surface area contributed by atoms with Crippen LogP contribution >= 0.6 is 0 Å². The molecule has 8 heteroatoms. The first-order valence-electron chi connectivity index (χ1n) is 5.90. The van der Waals surface area contributed by atoms with Gasteiger partial charge < -0.3 is 15.5 Å². The van der Waals surface area contributed by atoms with Crippen LogP contribution in [0.4, 0.5) is 0 Å². The van der Waals surface area contributed by atoms with Crippen molar-refractivity contribution >= 4 is 17.5 Å². The number of aromatic nitrogens is 3. The van der Waals surface area contributed by atoms with Crippen molar-refractivity contribution in [2.45, 2.75) is 19.9 Å². The number of nitrogens with one attached hydrogen (secondary N) is 1. The molecule has 0 bridgehead atoms. The summed E-state index contributed by atoms with van der Waals surface area (Å²) in [5.74, 6) is -1.95. The third kappa shape index (κ3) is 2.45. The first kappa shape index (κ1) is 13.9. The van der Waals surface area contributed by atoms with Crippen molar-refractivity contribution in [3.8, 4) is 0 Å². The van der Waals surface area contributed by atoms with E-state index in [-0.39, 0.29) is 5.56 Å². The molecule has 0 saturated heterocycles. The van der Waals surface area contributed by atoms with Crippen molar-refractivity contribution in [2.75, 3.05) is 6.61 Å². The summed E-state index contributed by atoms with van der Waals surface area (Å²) in [7, 11) is 0. The van der Waals surface area contributed by atoms with E-state index in [4.69, 9.17) is 10.2 Å². The monoisotopic (exact) mass is 278 g/mol. The molecule has 20 heavy (non-hydrogen) atoms. The summed E-state index contributed by atoms with van der Waals surface area (Å²) in [5.41, 5.74) is 2.04. The van der Waals surface area contributed by atoms with Gasteiger partial charge in [0.15, 0.2) is 11.7 Å². The number of nitrogens with zero attached hydrogens (tertiary/aromatic N) is 3. The molecule has 2 rings (SSSR count). The maximum atomic E-state index is 12.0. The molecule has 2 heterocycles. The molecule has 2 aromatic heterocycles. The number of hydrogen-bond donors (Lipinski definition) is 3. The predicted molar refractivity (Wildman–Crippen MR) is 68.4 cm³/mol. The van der Waals surface area contributed by atoms with Crippen LogP contribution in [0.1, 0.15) is 21.7 Å². The lowest BCUT2D eigenvalue weighted by atomic mass is 10.2. The molecule has 0 aliphatic rings. The van der Waals surface area contributed by atoms with Crippen molar-refractivity contribution in [1.29, 1.82) is 0 Å². The first-order chi connectivity index (χ1) is 9.43. The molecule has 0 fully saturated rings. The molecule has 2 aromatic rings. The third-order valence-electron chi connectivity index (χ3n) is 2.81. The fraction of sp³-hybridized carbons (Fsp3) is 0.333. The molecule has 3 N–H and O–H groups in total. The van der Waals surface area contributed by atoms with Gasteiger partial charge in [-0.1, -0.05) is 0 Å². The Kier molecular flexibility index (Phi) is 3.66. The molecule has 0 spiro atoms. The second kappa shape index (κ2) is 5.25. The number of aliphatic carboxylic acids is 1. The Balaban J connectivity index is 2.38. The fourth-order valence-corrected chi connectivity index (χ4v) is 1.85. The van der Waals surface area contributed by atoms with Gasteiger partial charge in [-0.2, -0.15) is 5.10 Å². The Morgan fingerprint density at radius 3 is 2.75 bits per heavy atom. The van der Waals surface area contributed by atoms with Crippen molar-refractivity contribution in [3.05, 3.63) is 29.2 Å². The molecule has 0 saturated carbocycles. The second-order valence-corrected chi connectivity index (χ2v) is 4.38. The molecule has 106 valence electrons. The molecule has 1 unspecified atom stereocenters. The van der Waals surface area contributed by atoms with Crippen LogP contribution in [-0.2, 0) is 4.79 Å². The van der Waals surface area contributed by atoms with Gasteiger partial charge in [-0.3, -0.25) is 4.79 Å². The second-order valence-electron chi connectivity index (χ2n) is 4.38. The number of aliphatic hydroxyl groups excluding tert-OH is 1. The van der Waals surface area contributed by atoms with E-state index in [0.717, 1.165) is 11.4 Å². The summed E-state index contributed by atoms with van der Waals surface area (Å²) < 4.78 is 1.50. The van der Waals surface area contributed by atoms with E-state index in [1.165, 1.54) is 10.7 Å². The SMILES string of the molecule is Cc1cc(C)n2ncc(C(=O)NC(CO)C(=O)O)c2n1. The van der Waals surface area contributed by atoms with Crippen molar-refractivity contribution < 1.29 is 19.8 Å². The predicted octanol–water partition coefficient (Wildman–Crippen LogP) is -0.479. The van der Waals surface area contributed by atoms with Gasteiger partial charge in [-0.15, -0.1) is 0 Å². The van der Waals surface area contributed by atoms with E-state index in [1.807, 2.05) is 13.0 Å². The fourth-order valence-electron chi connectivity index (χ4n) is 1.85. The number of rotatable bonds is 4. The molecule has 1 atom stereocenters. The number of aliphatic hydroxyl groups is 1. The molecular weight excluding hydrogens is 264 g/mol. The first-order valence-corrected chi connectivity index (χ1v) is 5.90. The number of carbonyl (C=O) groups is 2. The minimum atomic E-state index is -1.36. The van der Waals surface area contributed by atoms with Crippen molar-refractivity contribution in [3.63, 3.8) is 0 Å². The average Bonchev–Trinajstić information content (AvgIpc) is 2.79. The van der Waals surface area contributed by atoms with Crippen LogP contribution in [0.5, 0.6) is 0 Å². The minimum Gasteiger partial charge on any atom is -0.480 e. The smallest absolute Gasteiger partial charge is 0.328 e. The standard InChI is InChI=1S/C12H14N4O4/c1-6-3-7(2)16-10(14-6)8(4-13-16)11(18)15-9(5-17)12(19)20/h3-4,9,17H,5H2,1-2H3,(H,15,18)(H,19,20). The number of fused-ring (bicyclic) bond motifs is 1. The van der Waals surface area contributed by atoms with Gasteiger partial charge in [-0.05, 0) is 19.9 Å². The van der Waals surface area contributed by atoms with Gasteiger partial charge in [0.25, 0.3) is 5.91 Å². The lowest BCUT2D eigenvalue weighted by Gasteiger charge is -2.10. The van der Waals surface area contributed by atoms with E-state index in [1.54, 1.807) is 6.92 Å². The lowest BCUT2D eigenvalue weighted by molar-refractivity contribution is -0.140. The number of aryl methyl sites for hydroxylation is 2. The number of hydrogen-bond acceptors (Lipinski definition) is 5. The quantitative estimate of drug-likeness (QED) is 0.695. The molecule has 0 radical (unpaired) electrons. The normalized spacial score (nSPS) is 12.3.